The zero-order valence-electron chi connectivity index (χ0n) is 15.4. The van der Waals surface area contributed by atoms with Crippen molar-refractivity contribution in [2.24, 2.45) is 0 Å². The number of hydrogen-bond acceptors (Lipinski definition) is 3. The molecule has 0 saturated heterocycles. The molecular weight excluding hydrogens is 326 g/mol. The topological polar surface area (TPSA) is 61.4 Å². The Labute approximate surface area is 155 Å². The molecule has 5 heteroatoms. The highest BCUT2D eigenvalue weighted by Gasteiger charge is 2.19. The van der Waals surface area contributed by atoms with Crippen LogP contribution < -0.4 is 10.6 Å². The molecular formula is C21H27N3O2. The Morgan fingerprint density at radius 2 is 1.58 bits per heavy atom. The van der Waals surface area contributed by atoms with Crippen molar-refractivity contribution >= 4 is 11.8 Å². The third-order valence-corrected chi connectivity index (χ3v) is 4.04. The first-order chi connectivity index (χ1) is 12.6. The zero-order valence-corrected chi connectivity index (χ0v) is 15.4. The van der Waals surface area contributed by atoms with Crippen LogP contribution in [-0.4, -0.2) is 43.9 Å². The number of carbonyl (C=O) groups excluding carboxylic acids is 2. The van der Waals surface area contributed by atoms with E-state index in [0.29, 0.717) is 12.1 Å². The molecule has 0 fully saturated rings. The summed E-state index contributed by atoms with van der Waals surface area (Å²) in [4.78, 5) is 26.9. The molecule has 2 aromatic rings. The van der Waals surface area contributed by atoms with Gasteiger partial charge in [0.15, 0.2) is 0 Å². The maximum atomic E-state index is 12.5. The summed E-state index contributed by atoms with van der Waals surface area (Å²) >= 11 is 0. The summed E-state index contributed by atoms with van der Waals surface area (Å²) in [5, 5.41) is 5.92. The molecule has 2 N–H and O–H groups in total. The van der Waals surface area contributed by atoms with Crippen LogP contribution in [0, 0.1) is 0 Å². The second-order valence-electron chi connectivity index (χ2n) is 6.51. The minimum atomic E-state index is -0.363. The molecule has 0 aliphatic carbocycles. The Morgan fingerprint density at radius 3 is 2.19 bits per heavy atom. The monoisotopic (exact) mass is 353 g/mol. The zero-order chi connectivity index (χ0) is 18.8. The number of nitrogens with zero attached hydrogens (tertiary/aromatic N) is 1. The molecule has 0 aliphatic heterocycles. The molecule has 1 atom stereocenters. The second kappa shape index (κ2) is 10.4. The molecule has 2 amide bonds. The van der Waals surface area contributed by atoms with Crippen LogP contribution in [0.5, 0.6) is 0 Å². The van der Waals surface area contributed by atoms with Crippen molar-refractivity contribution in [2.75, 3.05) is 27.2 Å². The van der Waals surface area contributed by atoms with Gasteiger partial charge < -0.3 is 15.5 Å². The highest BCUT2D eigenvalue weighted by Crippen LogP contribution is 2.17. The van der Waals surface area contributed by atoms with Crippen LogP contribution in [0.3, 0.4) is 0 Å². The first-order valence-corrected chi connectivity index (χ1v) is 8.88. The minimum absolute atomic E-state index is 0.0639. The largest absolute Gasteiger partial charge is 0.356 e. The van der Waals surface area contributed by atoms with E-state index >= 15 is 0 Å². The molecule has 0 aromatic heterocycles. The van der Waals surface area contributed by atoms with Gasteiger partial charge in [0.05, 0.1) is 12.5 Å². The second-order valence-corrected chi connectivity index (χ2v) is 6.51. The van der Waals surface area contributed by atoms with Crippen LogP contribution in [0.4, 0.5) is 0 Å². The molecule has 0 spiro atoms. The Bertz CT molecular complexity index is 687. The molecule has 138 valence electrons. The molecule has 0 bridgehead atoms. The van der Waals surface area contributed by atoms with E-state index < -0.39 is 0 Å². The van der Waals surface area contributed by atoms with Crippen LogP contribution in [0.25, 0.3) is 0 Å². The lowest BCUT2D eigenvalue weighted by Gasteiger charge is -2.19. The van der Waals surface area contributed by atoms with Gasteiger partial charge in [0.2, 0.25) is 5.91 Å². The molecule has 5 nitrogen and oxygen atoms in total. The lowest BCUT2D eigenvalue weighted by Crippen LogP contribution is -2.34. The summed E-state index contributed by atoms with van der Waals surface area (Å²) in [6.45, 7) is 1.55. The maximum absolute atomic E-state index is 12.5. The van der Waals surface area contributed by atoms with Crippen LogP contribution >= 0.6 is 0 Å². The van der Waals surface area contributed by atoms with Crippen molar-refractivity contribution in [3.63, 3.8) is 0 Å². The molecule has 1 unspecified atom stereocenters. The molecule has 26 heavy (non-hydrogen) atoms. The lowest BCUT2D eigenvalue weighted by molar-refractivity contribution is -0.121. The van der Waals surface area contributed by atoms with Gasteiger partial charge in [-0.1, -0.05) is 48.5 Å². The summed E-state index contributed by atoms with van der Waals surface area (Å²) in [7, 11) is 4.01. The van der Waals surface area contributed by atoms with Crippen LogP contribution in [-0.2, 0) is 4.79 Å². The fourth-order valence-electron chi connectivity index (χ4n) is 2.65. The number of benzene rings is 2. The van der Waals surface area contributed by atoms with Gasteiger partial charge in [0.1, 0.15) is 0 Å². The third-order valence-electron chi connectivity index (χ3n) is 4.04. The summed E-state index contributed by atoms with van der Waals surface area (Å²) in [5.41, 5.74) is 1.50. The highest BCUT2D eigenvalue weighted by atomic mass is 16.2. The van der Waals surface area contributed by atoms with Crippen molar-refractivity contribution in [3.8, 4) is 0 Å². The van der Waals surface area contributed by atoms with E-state index in [9.17, 15) is 9.59 Å². The summed E-state index contributed by atoms with van der Waals surface area (Å²) < 4.78 is 0. The molecule has 0 aliphatic rings. The maximum Gasteiger partial charge on any atom is 0.251 e. The fraction of sp³-hybridized carbons (Fsp3) is 0.333. The Hall–Kier alpha value is -2.66. The highest BCUT2D eigenvalue weighted by molar-refractivity contribution is 5.94. The van der Waals surface area contributed by atoms with E-state index in [4.69, 9.17) is 0 Å². The van der Waals surface area contributed by atoms with Gasteiger partial charge in [-0.2, -0.15) is 0 Å². The van der Waals surface area contributed by atoms with E-state index in [0.717, 1.165) is 18.5 Å². The average Bonchev–Trinajstić information content (AvgIpc) is 2.66. The van der Waals surface area contributed by atoms with Gasteiger partial charge in [-0.3, -0.25) is 9.59 Å². The van der Waals surface area contributed by atoms with E-state index in [1.165, 1.54) is 0 Å². The van der Waals surface area contributed by atoms with Crippen molar-refractivity contribution in [1.29, 1.82) is 0 Å². The predicted molar refractivity (Wildman–Crippen MR) is 104 cm³/mol. The van der Waals surface area contributed by atoms with E-state index in [1.807, 2.05) is 62.6 Å². The quantitative estimate of drug-likeness (QED) is 0.681. The molecule has 0 heterocycles. The van der Waals surface area contributed by atoms with E-state index in [2.05, 4.69) is 15.5 Å². The van der Waals surface area contributed by atoms with Gasteiger partial charge in [0, 0.05) is 12.1 Å². The summed E-state index contributed by atoms with van der Waals surface area (Å²) in [5.74, 6) is -0.245. The van der Waals surface area contributed by atoms with Crippen molar-refractivity contribution in [3.05, 3.63) is 71.8 Å². The Kier molecular flexibility index (Phi) is 7.83. The molecule has 0 radical (unpaired) electrons. The number of rotatable bonds is 9. The molecule has 2 aromatic carbocycles. The first-order valence-electron chi connectivity index (χ1n) is 8.88. The Balaban J connectivity index is 1.98. The van der Waals surface area contributed by atoms with Gasteiger partial charge in [-0.25, -0.2) is 0 Å². The van der Waals surface area contributed by atoms with Gasteiger partial charge in [-0.15, -0.1) is 0 Å². The van der Waals surface area contributed by atoms with E-state index in [-0.39, 0.29) is 24.3 Å². The predicted octanol–water partition coefficient (Wildman–Crippen LogP) is 2.62. The lowest BCUT2D eigenvalue weighted by atomic mass is 10.0. The number of nitrogens with one attached hydrogen (secondary N) is 2. The fourth-order valence-corrected chi connectivity index (χ4v) is 2.65. The van der Waals surface area contributed by atoms with Crippen molar-refractivity contribution < 1.29 is 9.59 Å². The molecule has 2 rings (SSSR count). The van der Waals surface area contributed by atoms with Gasteiger partial charge in [0.25, 0.3) is 5.91 Å². The summed E-state index contributed by atoms with van der Waals surface area (Å²) in [6, 6.07) is 18.3. The van der Waals surface area contributed by atoms with Crippen LogP contribution in [0.15, 0.2) is 60.7 Å². The normalized spacial score (nSPS) is 11.8. The van der Waals surface area contributed by atoms with Crippen LogP contribution in [0.1, 0.15) is 34.8 Å². The number of amides is 2. The summed E-state index contributed by atoms with van der Waals surface area (Å²) in [6.07, 6.45) is 1.11. The SMILES string of the molecule is CN(C)CCCNC(=O)CC(NC(=O)c1ccccc1)c1ccccc1. The number of carbonyl (C=O) groups is 2. The Morgan fingerprint density at radius 1 is 0.962 bits per heavy atom. The smallest absolute Gasteiger partial charge is 0.251 e. The van der Waals surface area contributed by atoms with Crippen molar-refractivity contribution in [2.45, 2.75) is 18.9 Å². The van der Waals surface area contributed by atoms with Crippen molar-refractivity contribution in [1.82, 2.24) is 15.5 Å². The third kappa shape index (κ3) is 6.69. The minimum Gasteiger partial charge on any atom is -0.356 e. The first kappa shape index (κ1) is 19.7. The molecule has 0 saturated carbocycles. The number of hydrogen-bond donors (Lipinski definition) is 2. The van der Waals surface area contributed by atoms with E-state index in [1.54, 1.807) is 12.1 Å². The standard InChI is InChI=1S/C21H27N3O2/c1-24(2)15-9-14-22-20(25)16-19(17-10-5-3-6-11-17)23-21(26)18-12-7-4-8-13-18/h3-8,10-13,19H,9,14-16H2,1-2H3,(H,22,25)(H,23,26). The van der Waals surface area contributed by atoms with Gasteiger partial charge in [-0.05, 0) is 44.8 Å². The van der Waals surface area contributed by atoms with Crippen LogP contribution in [0.2, 0.25) is 0 Å². The average molecular weight is 353 g/mol. The van der Waals surface area contributed by atoms with Gasteiger partial charge >= 0.3 is 0 Å².